The molecule has 0 bridgehead atoms. The van der Waals surface area contributed by atoms with Gasteiger partial charge in [-0.1, -0.05) is 54.1 Å². The molecule has 110 valence electrons. The molecule has 0 fully saturated rings. The van der Waals surface area contributed by atoms with Crippen LogP contribution in [0, 0.1) is 6.92 Å². The number of hydrogen-bond acceptors (Lipinski definition) is 2. The van der Waals surface area contributed by atoms with Gasteiger partial charge in [0.25, 0.3) is 0 Å². The second-order valence-corrected chi connectivity index (χ2v) is 5.49. The maximum Gasteiger partial charge on any atom is 0.139 e. The monoisotopic (exact) mass is 302 g/mol. The van der Waals surface area contributed by atoms with Crippen LogP contribution in [0.5, 0.6) is 0 Å². The molecule has 0 amide bonds. The van der Waals surface area contributed by atoms with E-state index in [-0.39, 0.29) is 5.78 Å². The molecule has 2 aromatic rings. The van der Waals surface area contributed by atoms with Gasteiger partial charge in [-0.2, -0.15) is 0 Å². The molecule has 0 aliphatic carbocycles. The number of carbonyl (C=O) groups is 1. The highest BCUT2D eigenvalue weighted by atomic mass is 35.5. The molecule has 0 aliphatic rings. The van der Waals surface area contributed by atoms with Gasteiger partial charge in [0, 0.05) is 17.9 Å². The number of benzene rings is 2. The summed E-state index contributed by atoms with van der Waals surface area (Å²) < 4.78 is 5.53. The molecule has 0 saturated carbocycles. The number of aryl methyl sites for hydroxylation is 1. The molecule has 0 atom stereocenters. The van der Waals surface area contributed by atoms with Crippen molar-refractivity contribution in [1.82, 2.24) is 0 Å². The third kappa shape index (κ3) is 5.33. The van der Waals surface area contributed by atoms with Crippen LogP contribution in [0.2, 0.25) is 5.02 Å². The van der Waals surface area contributed by atoms with E-state index >= 15 is 0 Å². The molecule has 0 spiro atoms. The Bertz CT molecular complexity index is 593. The zero-order valence-corrected chi connectivity index (χ0v) is 12.9. The highest BCUT2D eigenvalue weighted by Crippen LogP contribution is 2.17. The van der Waals surface area contributed by atoms with Gasteiger partial charge in [0.1, 0.15) is 5.78 Å². The lowest BCUT2D eigenvalue weighted by Crippen LogP contribution is -2.07. The number of halogens is 1. The third-order valence-corrected chi connectivity index (χ3v) is 3.68. The average molecular weight is 303 g/mol. The standard InChI is InChI=1S/C18H19ClO2/c1-14-11-16(7-8-18(14)19)12-17(20)9-10-21-13-15-5-3-2-4-6-15/h2-8,11H,9-10,12-13H2,1H3. The Morgan fingerprint density at radius 1 is 1.10 bits per heavy atom. The Morgan fingerprint density at radius 2 is 1.86 bits per heavy atom. The summed E-state index contributed by atoms with van der Waals surface area (Å²) in [6.45, 7) is 2.95. The highest BCUT2D eigenvalue weighted by Gasteiger charge is 2.05. The number of Topliss-reactive ketones (excluding diaryl/α,β-unsaturated/α-hetero) is 1. The highest BCUT2D eigenvalue weighted by molar-refractivity contribution is 6.31. The number of carbonyl (C=O) groups excluding carboxylic acids is 1. The predicted molar refractivity (Wildman–Crippen MR) is 85.6 cm³/mol. The van der Waals surface area contributed by atoms with E-state index in [1.54, 1.807) is 0 Å². The summed E-state index contributed by atoms with van der Waals surface area (Å²) in [4.78, 5) is 11.9. The summed E-state index contributed by atoms with van der Waals surface area (Å²) in [6, 6.07) is 15.7. The minimum absolute atomic E-state index is 0.185. The maximum absolute atomic E-state index is 11.9. The maximum atomic E-state index is 11.9. The van der Waals surface area contributed by atoms with Crippen molar-refractivity contribution in [3.05, 3.63) is 70.2 Å². The molecule has 0 radical (unpaired) electrons. The molecule has 0 aromatic heterocycles. The molecule has 0 unspecified atom stereocenters. The van der Waals surface area contributed by atoms with E-state index in [0.717, 1.165) is 21.7 Å². The Balaban J connectivity index is 1.71. The molecule has 2 rings (SSSR count). The van der Waals surface area contributed by atoms with E-state index in [1.165, 1.54) is 0 Å². The fourth-order valence-electron chi connectivity index (χ4n) is 2.08. The summed E-state index contributed by atoms with van der Waals surface area (Å²) in [7, 11) is 0. The van der Waals surface area contributed by atoms with E-state index < -0.39 is 0 Å². The first kappa shape index (κ1) is 15.7. The van der Waals surface area contributed by atoms with Gasteiger partial charge in [0.2, 0.25) is 0 Å². The van der Waals surface area contributed by atoms with Crippen LogP contribution in [-0.4, -0.2) is 12.4 Å². The molecule has 21 heavy (non-hydrogen) atoms. The lowest BCUT2D eigenvalue weighted by Gasteiger charge is -2.05. The van der Waals surface area contributed by atoms with Crippen LogP contribution in [0.25, 0.3) is 0 Å². The topological polar surface area (TPSA) is 26.3 Å². The van der Waals surface area contributed by atoms with E-state index in [0.29, 0.717) is 26.1 Å². The second-order valence-electron chi connectivity index (χ2n) is 5.09. The zero-order chi connectivity index (χ0) is 15.1. The molecular weight excluding hydrogens is 284 g/mol. The van der Waals surface area contributed by atoms with Crippen molar-refractivity contribution in [2.75, 3.05) is 6.61 Å². The van der Waals surface area contributed by atoms with Crippen LogP contribution in [0.4, 0.5) is 0 Å². The number of hydrogen-bond donors (Lipinski definition) is 0. The van der Waals surface area contributed by atoms with Gasteiger partial charge >= 0.3 is 0 Å². The quantitative estimate of drug-likeness (QED) is 0.710. The average Bonchev–Trinajstić information content (AvgIpc) is 2.49. The van der Waals surface area contributed by atoms with Crippen molar-refractivity contribution < 1.29 is 9.53 Å². The van der Waals surface area contributed by atoms with Crippen molar-refractivity contribution in [2.24, 2.45) is 0 Å². The van der Waals surface area contributed by atoms with E-state index in [1.807, 2.05) is 55.5 Å². The third-order valence-electron chi connectivity index (χ3n) is 3.26. The minimum Gasteiger partial charge on any atom is -0.376 e. The predicted octanol–water partition coefficient (Wildman–Crippen LogP) is 4.37. The van der Waals surface area contributed by atoms with Crippen LogP contribution >= 0.6 is 11.6 Å². The van der Waals surface area contributed by atoms with Crippen molar-refractivity contribution in [1.29, 1.82) is 0 Å². The first-order valence-electron chi connectivity index (χ1n) is 7.03. The fraction of sp³-hybridized carbons (Fsp3) is 0.278. The molecular formula is C18H19ClO2. The molecule has 0 N–H and O–H groups in total. The van der Waals surface area contributed by atoms with Gasteiger partial charge in [-0.25, -0.2) is 0 Å². The Kier molecular flexibility index (Phi) is 5.97. The SMILES string of the molecule is Cc1cc(CC(=O)CCOCc2ccccc2)ccc1Cl. The molecule has 3 heteroatoms. The first-order valence-corrected chi connectivity index (χ1v) is 7.41. The number of ketones is 1. The smallest absolute Gasteiger partial charge is 0.139 e. The second kappa shape index (κ2) is 7.96. The van der Waals surface area contributed by atoms with Crippen LogP contribution in [0.15, 0.2) is 48.5 Å². The molecule has 0 heterocycles. The van der Waals surface area contributed by atoms with E-state index in [2.05, 4.69) is 0 Å². The van der Waals surface area contributed by atoms with E-state index in [9.17, 15) is 4.79 Å². The molecule has 2 nitrogen and oxygen atoms in total. The normalized spacial score (nSPS) is 10.6. The molecule has 0 saturated heterocycles. The van der Waals surface area contributed by atoms with Crippen LogP contribution in [-0.2, 0) is 22.6 Å². The van der Waals surface area contributed by atoms with Crippen LogP contribution in [0.1, 0.15) is 23.1 Å². The molecule has 2 aromatic carbocycles. The van der Waals surface area contributed by atoms with Crippen molar-refractivity contribution in [3.63, 3.8) is 0 Å². The van der Waals surface area contributed by atoms with Crippen molar-refractivity contribution in [2.45, 2.75) is 26.4 Å². The van der Waals surface area contributed by atoms with Crippen LogP contribution < -0.4 is 0 Å². The summed E-state index contributed by atoms with van der Waals surface area (Å²) in [5.74, 6) is 0.185. The van der Waals surface area contributed by atoms with Crippen LogP contribution in [0.3, 0.4) is 0 Å². The van der Waals surface area contributed by atoms with Gasteiger partial charge < -0.3 is 4.74 Å². The van der Waals surface area contributed by atoms with Gasteiger partial charge in [0.15, 0.2) is 0 Å². The van der Waals surface area contributed by atoms with Gasteiger partial charge in [-0.15, -0.1) is 0 Å². The Morgan fingerprint density at radius 3 is 2.57 bits per heavy atom. The lowest BCUT2D eigenvalue weighted by atomic mass is 10.1. The Hall–Kier alpha value is -1.64. The number of rotatable bonds is 7. The molecule has 0 aliphatic heterocycles. The summed E-state index contributed by atoms with van der Waals surface area (Å²) in [5.41, 5.74) is 3.13. The lowest BCUT2D eigenvalue weighted by molar-refractivity contribution is -0.119. The van der Waals surface area contributed by atoms with Crippen molar-refractivity contribution in [3.8, 4) is 0 Å². The fourth-order valence-corrected chi connectivity index (χ4v) is 2.20. The van der Waals surface area contributed by atoms with E-state index in [4.69, 9.17) is 16.3 Å². The number of ether oxygens (including phenoxy) is 1. The summed E-state index contributed by atoms with van der Waals surface area (Å²) >= 11 is 5.97. The van der Waals surface area contributed by atoms with Gasteiger partial charge in [0.05, 0.1) is 13.2 Å². The summed E-state index contributed by atoms with van der Waals surface area (Å²) in [5, 5.41) is 0.734. The summed E-state index contributed by atoms with van der Waals surface area (Å²) in [6.07, 6.45) is 0.876. The minimum atomic E-state index is 0.185. The Labute approximate surface area is 130 Å². The van der Waals surface area contributed by atoms with Gasteiger partial charge in [-0.05, 0) is 29.7 Å². The first-order chi connectivity index (χ1) is 10.1. The van der Waals surface area contributed by atoms with Crippen molar-refractivity contribution >= 4 is 17.4 Å². The zero-order valence-electron chi connectivity index (χ0n) is 12.1. The van der Waals surface area contributed by atoms with Gasteiger partial charge in [-0.3, -0.25) is 4.79 Å². The largest absolute Gasteiger partial charge is 0.376 e.